The molecule has 0 radical (unpaired) electrons. The topological polar surface area (TPSA) is 0 Å². The molecule has 0 spiro atoms. The Hall–Kier alpha value is -1.56. The SMILES string of the molecule is CCC(CC)c1ccccc1.CCCc1ccccc1. The van der Waals surface area contributed by atoms with E-state index in [1.807, 2.05) is 0 Å². The van der Waals surface area contributed by atoms with E-state index in [4.69, 9.17) is 0 Å². The van der Waals surface area contributed by atoms with Crippen molar-refractivity contribution < 1.29 is 0 Å². The van der Waals surface area contributed by atoms with Crippen molar-refractivity contribution in [3.05, 3.63) is 71.8 Å². The average molecular weight is 268 g/mol. The van der Waals surface area contributed by atoms with Crippen LogP contribution in [0.25, 0.3) is 0 Å². The van der Waals surface area contributed by atoms with Crippen molar-refractivity contribution >= 4 is 0 Å². The molecule has 0 heterocycles. The smallest absolute Gasteiger partial charge is 0.0167 e. The van der Waals surface area contributed by atoms with Gasteiger partial charge in [-0.05, 0) is 36.3 Å². The first kappa shape index (κ1) is 16.5. The normalized spacial score (nSPS) is 10.0. The quantitative estimate of drug-likeness (QED) is 0.603. The number of aryl methyl sites for hydroxylation is 1. The summed E-state index contributed by atoms with van der Waals surface area (Å²) in [6.07, 6.45) is 4.95. The van der Waals surface area contributed by atoms with Crippen LogP contribution in [0.15, 0.2) is 60.7 Å². The highest BCUT2D eigenvalue weighted by Crippen LogP contribution is 2.21. The maximum Gasteiger partial charge on any atom is -0.0167 e. The zero-order valence-corrected chi connectivity index (χ0v) is 13.2. The van der Waals surface area contributed by atoms with Crippen molar-refractivity contribution in [2.45, 2.75) is 52.4 Å². The zero-order chi connectivity index (χ0) is 14.6. The molecule has 0 amide bonds. The maximum atomic E-state index is 2.25. The highest BCUT2D eigenvalue weighted by Gasteiger charge is 2.03. The Balaban J connectivity index is 0.000000204. The van der Waals surface area contributed by atoms with Gasteiger partial charge in [0.25, 0.3) is 0 Å². The predicted octanol–water partition coefficient (Wildman–Crippen LogP) is 6.23. The van der Waals surface area contributed by atoms with E-state index in [1.165, 1.54) is 36.8 Å². The lowest BCUT2D eigenvalue weighted by Gasteiger charge is -2.11. The molecule has 0 bridgehead atoms. The van der Waals surface area contributed by atoms with Crippen molar-refractivity contribution in [1.82, 2.24) is 0 Å². The fourth-order valence-corrected chi connectivity index (χ4v) is 2.42. The van der Waals surface area contributed by atoms with Gasteiger partial charge in [0.1, 0.15) is 0 Å². The van der Waals surface area contributed by atoms with Crippen LogP contribution in [-0.4, -0.2) is 0 Å². The molecule has 108 valence electrons. The number of hydrogen-bond acceptors (Lipinski definition) is 0. The lowest BCUT2D eigenvalue weighted by Crippen LogP contribution is -1.93. The van der Waals surface area contributed by atoms with E-state index >= 15 is 0 Å². The molecule has 2 rings (SSSR count). The summed E-state index contributed by atoms with van der Waals surface area (Å²) in [7, 11) is 0. The van der Waals surface area contributed by atoms with E-state index in [2.05, 4.69) is 81.4 Å². The molecule has 0 unspecified atom stereocenters. The Bertz CT molecular complexity index is 426. The first-order valence-electron chi connectivity index (χ1n) is 7.90. The van der Waals surface area contributed by atoms with Crippen molar-refractivity contribution in [2.24, 2.45) is 0 Å². The van der Waals surface area contributed by atoms with Gasteiger partial charge < -0.3 is 0 Å². The summed E-state index contributed by atoms with van der Waals surface area (Å²) in [6.45, 7) is 6.70. The van der Waals surface area contributed by atoms with Crippen molar-refractivity contribution in [1.29, 1.82) is 0 Å². The summed E-state index contributed by atoms with van der Waals surface area (Å²) in [4.78, 5) is 0. The fourth-order valence-electron chi connectivity index (χ4n) is 2.42. The third-order valence-corrected chi connectivity index (χ3v) is 3.64. The second kappa shape index (κ2) is 10.3. The van der Waals surface area contributed by atoms with Gasteiger partial charge in [0.05, 0.1) is 0 Å². The third kappa shape index (κ3) is 6.06. The van der Waals surface area contributed by atoms with Gasteiger partial charge in [-0.1, -0.05) is 87.9 Å². The molecular weight excluding hydrogens is 240 g/mol. The van der Waals surface area contributed by atoms with Gasteiger partial charge >= 0.3 is 0 Å². The van der Waals surface area contributed by atoms with Crippen LogP contribution in [0, 0.1) is 0 Å². The summed E-state index contributed by atoms with van der Waals surface area (Å²) >= 11 is 0. The Kier molecular flexibility index (Phi) is 8.46. The molecule has 0 saturated heterocycles. The third-order valence-electron chi connectivity index (χ3n) is 3.64. The molecule has 0 fully saturated rings. The molecule has 0 aliphatic carbocycles. The minimum atomic E-state index is 0.760. The van der Waals surface area contributed by atoms with Gasteiger partial charge in [-0.2, -0.15) is 0 Å². The Morgan fingerprint density at radius 3 is 1.65 bits per heavy atom. The molecular formula is C20H28. The zero-order valence-electron chi connectivity index (χ0n) is 13.2. The van der Waals surface area contributed by atoms with E-state index in [1.54, 1.807) is 0 Å². The molecule has 0 aliphatic rings. The number of benzene rings is 2. The highest BCUT2D eigenvalue weighted by molar-refractivity contribution is 5.19. The van der Waals surface area contributed by atoms with Crippen LogP contribution in [-0.2, 0) is 6.42 Å². The van der Waals surface area contributed by atoms with E-state index in [-0.39, 0.29) is 0 Å². The van der Waals surface area contributed by atoms with Crippen LogP contribution in [0.5, 0.6) is 0 Å². The molecule has 2 aromatic rings. The Morgan fingerprint density at radius 1 is 0.700 bits per heavy atom. The lowest BCUT2D eigenvalue weighted by atomic mass is 9.94. The Labute approximate surface area is 124 Å². The molecule has 0 N–H and O–H groups in total. The van der Waals surface area contributed by atoms with Crippen molar-refractivity contribution in [2.75, 3.05) is 0 Å². The second-order valence-corrected chi connectivity index (χ2v) is 5.16. The van der Waals surface area contributed by atoms with E-state index in [0.717, 1.165) is 5.92 Å². The van der Waals surface area contributed by atoms with E-state index in [0.29, 0.717) is 0 Å². The largest absolute Gasteiger partial charge is 0.0651 e. The number of hydrogen-bond donors (Lipinski definition) is 0. The fraction of sp³-hybridized carbons (Fsp3) is 0.400. The molecule has 20 heavy (non-hydrogen) atoms. The molecule has 0 aliphatic heterocycles. The van der Waals surface area contributed by atoms with Gasteiger partial charge in [0, 0.05) is 0 Å². The van der Waals surface area contributed by atoms with Crippen LogP contribution >= 0.6 is 0 Å². The van der Waals surface area contributed by atoms with E-state index in [9.17, 15) is 0 Å². The van der Waals surface area contributed by atoms with Crippen LogP contribution in [0.1, 0.15) is 57.1 Å². The van der Waals surface area contributed by atoms with Crippen LogP contribution in [0.3, 0.4) is 0 Å². The standard InChI is InChI=1S/C11H16.C9H12/c1-3-10(4-2)11-8-6-5-7-9-11;1-2-6-9-7-4-3-5-8-9/h5-10H,3-4H2,1-2H3;3-5,7-8H,2,6H2,1H3. The lowest BCUT2D eigenvalue weighted by molar-refractivity contribution is 0.642. The first-order valence-corrected chi connectivity index (χ1v) is 7.90. The highest BCUT2D eigenvalue weighted by atomic mass is 14.1. The molecule has 0 heteroatoms. The van der Waals surface area contributed by atoms with Crippen LogP contribution < -0.4 is 0 Å². The van der Waals surface area contributed by atoms with Crippen molar-refractivity contribution in [3.63, 3.8) is 0 Å². The van der Waals surface area contributed by atoms with Gasteiger partial charge in [0.15, 0.2) is 0 Å². The summed E-state index contributed by atoms with van der Waals surface area (Å²) in [5.74, 6) is 0.760. The van der Waals surface area contributed by atoms with Crippen LogP contribution in [0.4, 0.5) is 0 Å². The van der Waals surface area contributed by atoms with Gasteiger partial charge in [-0.15, -0.1) is 0 Å². The summed E-state index contributed by atoms with van der Waals surface area (Å²) in [5, 5.41) is 0. The first-order chi connectivity index (χ1) is 9.81. The Morgan fingerprint density at radius 2 is 1.20 bits per heavy atom. The van der Waals surface area contributed by atoms with E-state index < -0.39 is 0 Å². The summed E-state index contributed by atoms with van der Waals surface area (Å²) < 4.78 is 0. The van der Waals surface area contributed by atoms with Crippen LogP contribution in [0.2, 0.25) is 0 Å². The molecule has 0 atom stereocenters. The minimum Gasteiger partial charge on any atom is -0.0651 e. The maximum absolute atomic E-state index is 2.25. The van der Waals surface area contributed by atoms with Gasteiger partial charge in [-0.25, -0.2) is 0 Å². The summed E-state index contributed by atoms with van der Waals surface area (Å²) in [6, 6.07) is 21.3. The molecule has 0 nitrogen and oxygen atoms in total. The molecule has 0 saturated carbocycles. The second-order valence-electron chi connectivity index (χ2n) is 5.16. The predicted molar refractivity (Wildman–Crippen MR) is 90.2 cm³/mol. The van der Waals surface area contributed by atoms with Crippen molar-refractivity contribution in [3.8, 4) is 0 Å². The van der Waals surface area contributed by atoms with Gasteiger partial charge in [-0.3, -0.25) is 0 Å². The minimum absolute atomic E-state index is 0.760. The number of rotatable bonds is 5. The van der Waals surface area contributed by atoms with Gasteiger partial charge in [0.2, 0.25) is 0 Å². The summed E-state index contributed by atoms with van der Waals surface area (Å²) in [5.41, 5.74) is 2.93. The average Bonchev–Trinajstić information content (AvgIpc) is 2.52. The molecule has 2 aromatic carbocycles. The monoisotopic (exact) mass is 268 g/mol. The molecule has 0 aromatic heterocycles.